The van der Waals surface area contributed by atoms with Crippen LogP contribution in [-0.4, -0.2) is 43.0 Å². The first-order chi connectivity index (χ1) is 12.5. The van der Waals surface area contributed by atoms with Crippen LogP contribution in [0.25, 0.3) is 0 Å². The Morgan fingerprint density at radius 2 is 2.19 bits per heavy atom. The predicted octanol–water partition coefficient (Wildman–Crippen LogP) is 2.50. The van der Waals surface area contributed by atoms with E-state index in [1.165, 1.54) is 23.7 Å². The van der Waals surface area contributed by atoms with E-state index in [2.05, 4.69) is 41.4 Å². The highest BCUT2D eigenvalue weighted by Crippen LogP contribution is 2.33. The van der Waals surface area contributed by atoms with Crippen molar-refractivity contribution >= 4 is 5.91 Å². The standard InChI is InChI=1S/C20H26N4O2/c1-24(2)11-10-22-18-5-3-4-14-12-16(7-8-17(14)18)26-19-9-6-15(13-23-19)20(21)25/h6-9,12-13,18,22H,3-5,10-11H2,1-2H3,(H2,21,25). The van der Waals surface area contributed by atoms with E-state index in [4.69, 9.17) is 10.5 Å². The molecule has 1 aliphatic rings. The third-order valence-electron chi connectivity index (χ3n) is 4.62. The molecular formula is C20H26N4O2. The number of primary amides is 1. The predicted molar refractivity (Wildman–Crippen MR) is 102 cm³/mol. The van der Waals surface area contributed by atoms with Gasteiger partial charge < -0.3 is 20.7 Å². The van der Waals surface area contributed by atoms with Crippen molar-refractivity contribution in [3.05, 3.63) is 53.2 Å². The van der Waals surface area contributed by atoms with Crippen LogP contribution in [0.15, 0.2) is 36.5 Å². The first-order valence-electron chi connectivity index (χ1n) is 8.97. The molecule has 3 rings (SSSR count). The summed E-state index contributed by atoms with van der Waals surface area (Å²) in [4.78, 5) is 17.4. The Labute approximate surface area is 154 Å². The minimum absolute atomic E-state index is 0.370. The molecule has 138 valence electrons. The summed E-state index contributed by atoms with van der Waals surface area (Å²) in [7, 11) is 4.17. The number of nitrogens with zero attached hydrogens (tertiary/aromatic N) is 2. The van der Waals surface area contributed by atoms with Gasteiger partial charge in [0.2, 0.25) is 11.8 Å². The molecule has 1 aromatic heterocycles. The Hall–Kier alpha value is -2.44. The zero-order chi connectivity index (χ0) is 18.5. The van der Waals surface area contributed by atoms with Crippen molar-refractivity contribution in [1.82, 2.24) is 15.2 Å². The van der Waals surface area contributed by atoms with Gasteiger partial charge in [0.15, 0.2) is 0 Å². The molecule has 1 heterocycles. The molecule has 0 spiro atoms. The van der Waals surface area contributed by atoms with Crippen molar-refractivity contribution in [2.75, 3.05) is 27.2 Å². The number of carbonyl (C=O) groups excluding carboxylic acids is 1. The number of benzene rings is 1. The van der Waals surface area contributed by atoms with Gasteiger partial charge in [0.05, 0.1) is 5.56 Å². The molecule has 26 heavy (non-hydrogen) atoms. The quantitative estimate of drug-likeness (QED) is 0.798. The van der Waals surface area contributed by atoms with E-state index in [1.807, 2.05) is 6.07 Å². The van der Waals surface area contributed by atoms with Gasteiger partial charge in [-0.25, -0.2) is 4.98 Å². The molecule has 0 saturated heterocycles. The molecule has 1 aromatic carbocycles. The largest absolute Gasteiger partial charge is 0.439 e. The molecule has 2 aromatic rings. The van der Waals surface area contributed by atoms with Gasteiger partial charge in [-0.2, -0.15) is 0 Å². The fourth-order valence-electron chi connectivity index (χ4n) is 3.24. The Morgan fingerprint density at radius 3 is 2.88 bits per heavy atom. The highest BCUT2D eigenvalue weighted by Gasteiger charge is 2.20. The Morgan fingerprint density at radius 1 is 1.35 bits per heavy atom. The molecule has 1 unspecified atom stereocenters. The van der Waals surface area contributed by atoms with Gasteiger partial charge in [-0.3, -0.25) is 4.79 Å². The fraction of sp³-hybridized carbons (Fsp3) is 0.400. The summed E-state index contributed by atoms with van der Waals surface area (Å²) in [6.45, 7) is 2.01. The number of fused-ring (bicyclic) bond motifs is 1. The molecule has 6 heteroatoms. The average molecular weight is 354 g/mol. The Balaban J connectivity index is 1.68. The van der Waals surface area contributed by atoms with Gasteiger partial charge >= 0.3 is 0 Å². The summed E-state index contributed by atoms with van der Waals surface area (Å²) in [6.07, 6.45) is 4.83. The van der Waals surface area contributed by atoms with Crippen molar-refractivity contribution in [3.63, 3.8) is 0 Å². The maximum Gasteiger partial charge on any atom is 0.250 e. The van der Waals surface area contributed by atoms with Crippen LogP contribution in [0.3, 0.4) is 0 Å². The number of rotatable bonds is 7. The lowest BCUT2D eigenvalue weighted by Gasteiger charge is -2.27. The number of aryl methyl sites for hydroxylation is 1. The van der Waals surface area contributed by atoms with Crippen LogP contribution < -0.4 is 15.8 Å². The molecule has 1 amide bonds. The summed E-state index contributed by atoms with van der Waals surface area (Å²) in [5, 5.41) is 3.66. The van der Waals surface area contributed by atoms with Gasteiger partial charge in [-0.05, 0) is 62.7 Å². The third-order valence-corrected chi connectivity index (χ3v) is 4.62. The molecule has 0 fully saturated rings. The van der Waals surface area contributed by atoms with E-state index in [-0.39, 0.29) is 0 Å². The van der Waals surface area contributed by atoms with Crippen molar-refractivity contribution in [3.8, 4) is 11.6 Å². The van der Waals surface area contributed by atoms with Gasteiger partial charge in [-0.1, -0.05) is 6.07 Å². The van der Waals surface area contributed by atoms with Crippen LogP contribution in [0.1, 0.15) is 40.4 Å². The molecule has 0 bridgehead atoms. The zero-order valence-electron chi connectivity index (χ0n) is 15.4. The summed E-state index contributed by atoms with van der Waals surface area (Å²) in [5.41, 5.74) is 8.28. The number of aromatic nitrogens is 1. The smallest absolute Gasteiger partial charge is 0.250 e. The van der Waals surface area contributed by atoms with E-state index in [1.54, 1.807) is 12.1 Å². The minimum Gasteiger partial charge on any atom is -0.439 e. The maximum absolute atomic E-state index is 11.1. The lowest BCUT2D eigenvalue weighted by molar-refractivity contribution is 0.1000. The van der Waals surface area contributed by atoms with Gasteiger partial charge in [-0.15, -0.1) is 0 Å². The van der Waals surface area contributed by atoms with E-state index >= 15 is 0 Å². The SMILES string of the molecule is CN(C)CCNC1CCCc2cc(Oc3ccc(C(N)=O)cn3)ccc21. The van der Waals surface area contributed by atoms with Gasteiger partial charge in [0, 0.05) is 31.4 Å². The molecular weight excluding hydrogens is 328 g/mol. The monoisotopic (exact) mass is 354 g/mol. The highest BCUT2D eigenvalue weighted by molar-refractivity contribution is 5.92. The number of hydrogen-bond donors (Lipinski definition) is 2. The number of hydrogen-bond acceptors (Lipinski definition) is 5. The van der Waals surface area contributed by atoms with Crippen LogP contribution in [-0.2, 0) is 6.42 Å². The number of pyridine rings is 1. The molecule has 0 aliphatic heterocycles. The second-order valence-corrected chi connectivity index (χ2v) is 6.91. The Bertz CT molecular complexity index is 759. The van der Waals surface area contributed by atoms with Gasteiger partial charge in [0.1, 0.15) is 5.75 Å². The molecule has 3 N–H and O–H groups in total. The molecule has 1 aliphatic carbocycles. The van der Waals surface area contributed by atoms with Crippen molar-refractivity contribution in [2.45, 2.75) is 25.3 Å². The van der Waals surface area contributed by atoms with Gasteiger partial charge in [0.25, 0.3) is 0 Å². The molecule has 0 saturated carbocycles. The second kappa shape index (κ2) is 8.29. The van der Waals surface area contributed by atoms with Crippen molar-refractivity contribution in [1.29, 1.82) is 0 Å². The Kier molecular flexibility index (Phi) is 5.85. The topological polar surface area (TPSA) is 80.5 Å². The average Bonchev–Trinajstić information content (AvgIpc) is 2.62. The summed E-state index contributed by atoms with van der Waals surface area (Å²) in [5.74, 6) is 0.717. The van der Waals surface area contributed by atoms with Crippen LogP contribution in [0, 0.1) is 0 Å². The first kappa shape index (κ1) is 18.4. The van der Waals surface area contributed by atoms with Crippen LogP contribution >= 0.6 is 0 Å². The van der Waals surface area contributed by atoms with E-state index < -0.39 is 5.91 Å². The van der Waals surface area contributed by atoms with Crippen molar-refractivity contribution in [2.24, 2.45) is 5.73 Å². The maximum atomic E-state index is 11.1. The highest BCUT2D eigenvalue weighted by atomic mass is 16.5. The zero-order valence-corrected chi connectivity index (χ0v) is 15.4. The van der Waals surface area contributed by atoms with E-state index in [0.29, 0.717) is 17.5 Å². The molecule has 0 radical (unpaired) electrons. The second-order valence-electron chi connectivity index (χ2n) is 6.91. The third kappa shape index (κ3) is 4.59. The number of nitrogens with one attached hydrogen (secondary N) is 1. The fourth-order valence-corrected chi connectivity index (χ4v) is 3.24. The normalized spacial score (nSPS) is 16.3. The number of ether oxygens (including phenoxy) is 1. The molecule has 6 nitrogen and oxygen atoms in total. The van der Waals surface area contributed by atoms with E-state index in [9.17, 15) is 4.79 Å². The van der Waals surface area contributed by atoms with Crippen LogP contribution in [0.2, 0.25) is 0 Å². The summed E-state index contributed by atoms with van der Waals surface area (Å²) in [6, 6.07) is 9.90. The van der Waals surface area contributed by atoms with Crippen LogP contribution in [0.4, 0.5) is 0 Å². The number of nitrogens with two attached hydrogens (primary N) is 1. The van der Waals surface area contributed by atoms with E-state index in [0.717, 1.165) is 31.7 Å². The lowest BCUT2D eigenvalue weighted by atomic mass is 9.87. The molecule has 1 atom stereocenters. The number of carbonyl (C=O) groups is 1. The number of amides is 1. The first-order valence-corrected chi connectivity index (χ1v) is 8.97. The lowest BCUT2D eigenvalue weighted by Crippen LogP contribution is -2.31. The number of likely N-dealkylation sites (N-methyl/N-ethyl adjacent to an activating group) is 1. The minimum atomic E-state index is -0.495. The van der Waals surface area contributed by atoms with Crippen LogP contribution in [0.5, 0.6) is 11.6 Å². The van der Waals surface area contributed by atoms with Crippen molar-refractivity contribution < 1.29 is 9.53 Å². The summed E-state index contributed by atoms with van der Waals surface area (Å²) < 4.78 is 5.84. The summed E-state index contributed by atoms with van der Waals surface area (Å²) >= 11 is 0.